The molecular formula is C8H14N2. The molecule has 0 aromatic rings. The Morgan fingerprint density at radius 2 is 2.10 bits per heavy atom. The van der Waals surface area contributed by atoms with E-state index in [0.717, 1.165) is 6.67 Å². The van der Waals surface area contributed by atoms with E-state index in [1.807, 2.05) is 0 Å². The van der Waals surface area contributed by atoms with Gasteiger partial charge in [0.1, 0.15) is 0 Å². The van der Waals surface area contributed by atoms with Crippen LogP contribution in [0.5, 0.6) is 0 Å². The number of nitrogens with zero attached hydrogens (tertiary/aromatic N) is 2. The average Bonchev–Trinajstić information content (AvgIpc) is 2.41. The van der Waals surface area contributed by atoms with E-state index in [-0.39, 0.29) is 0 Å². The molecule has 2 heteroatoms. The lowest BCUT2D eigenvalue weighted by molar-refractivity contribution is 0.352. The monoisotopic (exact) mass is 138 g/mol. The lowest BCUT2D eigenvalue weighted by Gasteiger charge is -2.09. The number of aliphatic imine (C=N–C) groups is 1. The Morgan fingerprint density at radius 1 is 1.40 bits per heavy atom. The molecule has 0 N–H and O–H groups in total. The van der Waals surface area contributed by atoms with E-state index < -0.39 is 0 Å². The Labute approximate surface area is 62.3 Å². The maximum absolute atomic E-state index is 4.15. The SMILES string of the molecule is C=CC=NCN1CCCC1. The minimum atomic E-state index is 0.853. The molecule has 0 saturated carbocycles. The first-order chi connectivity index (χ1) is 4.93. The summed E-state index contributed by atoms with van der Waals surface area (Å²) in [6.45, 7) is 6.84. The molecule has 56 valence electrons. The van der Waals surface area contributed by atoms with Crippen molar-refractivity contribution >= 4 is 6.21 Å². The molecule has 1 heterocycles. The summed E-state index contributed by atoms with van der Waals surface area (Å²) < 4.78 is 0. The van der Waals surface area contributed by atoms with Crippen LogP contribution in [-0.2, 0) is 0 Å². The molecule has 0 aliphatic carbocycles. The van der Waals surface area contributed by atoms with Gasteiger partial charge in [0.05, 0.1) is 6.67 Å². The molecule has 1 aliphatic heterocycles. The normalized spacial score (nSPS) is 20.4. The molecule has 0 bridgehead atoms. The van der Waals surface area contributed by atoms with Crippen molar-refractivity contribution in [3.05, 3.63) is 12.7 Å². The summed E-state index contributed by atoms with van der Waals surface area (Å²) in [7, 11) is 0. The van der Waals surface area contributed by atoms with Crippen molar-refractivity contribution < 1.29 is 0 Å². The number of rotatable bonds is 3. The number of hydrogen-bond acceptors (Lipinski definition) is 2. The van der Waals surface area contributed by atoms with Crippen molar-refractivity contribution in [2.24, 2.45) is 4.99 Å². The zero-order valence-corrected chi connectivity index (χ0v) is 6.29. The highest BCUT2D eigenvalue weighted by atomic mass is 15.2. The van der Waals surface area contributed by atoms with Crippen LogP contribution in [0.2, 0.25) is 0 Å². The number of hydrogen-bond donors (Lipinski definition) is 0. The van der Waals surface area contributed by atoms with Gasteiger partial charge in [0, 0.05) is 6.21 Å². The van der Waals surface area contributed by atoms with Gasteiger partial charge in [-0.25, -0.2) is 0 Å². The molecule has 10 heavy (non-hydrogen) atoms. The molecule has 0 amide bonds. The van der Waals surface area contributed by atoms with Crippen LogP contribution < -0.4 is 0 Å². The van der Waals surface area contributed by atoms with E-state index >= 15 is 0 Å². The minimum absolute atomic E-state index is 0.853. The fourth-order valence-electron chi connectivity index (χ4n) is 1.16. The zero-order valence-electron chi connectivity index (χ0n) is 6.29. The third-order valence-electron chi connectivity index (χ3n) is 1.69. The molecular weight excluding hydrogens is 124 g/mol. The molecule has 1 saturated heterocycles. The Balaban J connectivity index is 2.12. The fraction of sp³-hybridized carbons (Fsp3) is 0.625. The van der Waals surface area contributed by atoms with Gasteiger partial charge in [-0.15, -0.1) is 0 Å². The fourth-order valence-corrected chi connectivity index (χ4v) is 1.16. The standard InChI is InChI=1S/C8H14N2/c1-2-5-9-8-10-6-3-4-7-10/h2,5H,1,3-4,6-8H2. The highest BCUT2D eigenvalue weighted by Crippen LogP contribution is 2.05. The van der Waals surface area contributed by atoms with E-state index in [2.05, 4.69) is 16.5 Å². The molecule has 2 nitrogen and oxygen atoms in total. The maximum atomic E-state index is 4.15. The van der Waals surface area contributed by atoms with Crippen molar-refractivity contribution in [3.63, 3.8) is 0 Å². The molecule has 0 spiro atoms. The first-order valence-corrected chi connectivity index (χ1v) is 3.76. The van der Waals surface area contributed by atoms with Crippen LogP contribution in [0.15, 0.2) is 17.6 Å². The second-order valence-electron chi connectivity index (χ2n) is 2.53. The minimum Gasteiger partial charge on any atom is -0.284 e. The van der Waals surface area contributed by atoms with Gasteiger partial charge in [-0.05, 0) is 25.9 Å². The number of likely N-dealkylation sites (tertiary alicyclic amines) is 1. The van der Waals surface area contributed by atoms with E-state index in [1.165, 1.54) is 25.9 Å². The van der Waals surface area contributed by atoms with Gasteiger partial charge in [0.2, 0.25) is 0 Å². The van der Waals surface area contributed by atoms with Crippen molar-refractivity contribution in [1.82, 2.24) is 4.90 Å². The summed E-state index contributed by atoms with van der Waals surface area (Å²) in [4.78, 5) is 6.50. The van der Waals surface area contributed by atoms with Crippen LogP contribution in [0, 0.1) is 0 Å². The van der Waals surface area contributed by atoms with Crippen LogP contribution in [0.1, 0.15) is 12.8 Å². The highest BCUT2D eigenvalue weighted by Gasteiger charge is 2.08. The van der Waals surface area contributed by atoms with E-state index in [9.17, 15) is 0 Å². The van der Waals surface area contributed by atoms with Crippen molar-refractivity contribution in [1.29, 1.82) is 0 Å². The molecule has 0 atom stereocenters. The van der Waals surface area contributed by atoms with E-state index in [0.29, 0.717) is 0 Å². The molecule has 1 rings (SSSR count). The largest absolute Gasteiger partial charge is 0.284 e. The lowest BCUT2D eigenvalue weighted by Crippen LogP contribution is -2.18. The molecule has 0 radical (unpaired) electrons. The Morgan fingerprint density at radius 3 is 2.70 bits per heavy atom. The van der Waals surface area contributed by atoms with Crippen LogP contribution in [-0.4, -0.2) is 30.9 Å². The van der Waals surface area contributed by atoms with Crippen LogP contribution >= 0.6 is 0 Å². The highest BCUT2D eigenvalue weighted by molar-refractivity contribution is 5.69. The summed E-state index contributed by atoms with van der Waals surface area (Å²) in [6.07, 6.45) is 6.15. The molecule has 0 unspecified atom stereocenters. The van der Waals surface area contributed by atoms with Gasteiger partial charge in [0.25, 0.3) is 0 Å². The van der Waals surface area contributed by atoms with Crippen molar-refractivity contribution in [2.75, 3.05) is 19.8 Å². The topological polar surface area (TPSA) is 15.6 Å². The summed E-state index contributed by atoms with van der Waals surface area (Å²) >= 11 is 0. The summed E-state index contributed by atoms with van der Waals surface area (Å²) in [5.41, 5.74) is 0. The third kappa shape index (κ3) is 2.31. The lowest BCUT2D eigenvalue weighted by atomic mass is 10.4. The van der Waals surface area contributed by atoms with Crippen LogP contribution in [0.25, 0.3) is 0 Å². The van der Waals surface area contributed by atoms with Gasteiger partial charge >= 0.3 is 0 Å². The van der Waals surface area contributed by atoms with E-state index in [1.54, 1.807) is 12.3 Å². The van der Waals surface area contributed by atoms with Crippen LogP contribution in [0.4, 0.5) is 0 Å². The van der Waals surface area contributed by atoms with Gasteiger partial charge in [-0.3, -0.25) is 9.89 Å². The molecule has 1 aliphatic rings. The Hall–Kier alpha value is -0.630. The predicted octanol–water partition coefficient (Wildman–Crippen LogP) is 1.30. The van der Waals surface area contributed by atoms with Crippen molar-refractivity contribution in [2.45, 2.75) is 12.8 Å². The Bertz CT molecular complexity index is 123. The second kappa shape index (κ2) is 4.23. The summed E-state index contributed by atoms with van der Waals surface area (Å²) in [5, 5.41) is 0. The average molecular weight is 138 g/mol. The summed E-state index contributed by atoms with van der Waals surface area (Å²) in [5.74, 6) is 0. The quantitative estimate of drug-likeness (QED) is 0.537. The first-order valence-electron chi connectivity index (χ1n) is 3.76. The predicted molar refractivity (Wildman–Crippen MR) is 44.4 cm³/mol. The molecule has 1 fully saturated rings. The smallest absolute Gasteiger partial charge is 0.0909 e. The second-order valence-corrected chi connectivity index (χ2v) is 2.53. The van der Waals surface area contributed by atoms with Gasteiger partial charge < -0.3 is 0 Å². The van der Waals surface area contributed by atoms with Gasteiger partial charge in [0.15, 0.2) is 0 Å². The molecule has 0 aromatic heterocycles. The maximum Gasteiger partial charge on any atom is 0.0909 e. The first kappa shape index (κ1) is 7.48. The third-order valence-corrected chi connectivity index (χ3v) is 1.69. The van der Waals surface area contributed by atoms with Crippen LogP contribution in [0.3, 0.4) is 0 Å². The number of allylic oxidation sites excluding steroid dienone is 1. The zero-order chi connectivity index (χ0) is 7.23. The summed E-state index contributed by atoms with van der Waals surface area (Å²) in [6, 6.07) is 0. The van der Waals surface area contributed by atoms with E-state index in [4.69, 9.17) is 0 Å². The molecule has 0 aromatic carbocycles. The Kier molecular flexibility index (Phi) is 3.16. The van der Waals surface area contributed by atoms with Crippen molar-refractivity contribution in [3.8, 4) is 0 Å². The van der Waals surface area contributed by atoms with Gasteiger partial charge in [-0.1, -0.05) is 12.7 Å². The van der Waals surface area contributed by atoms with Gasteiger partial charge in [-0.2, -0.15) is 0 Å².